The molecule has 16 heavy (non-hydrogen) atoms. The number of aryl methyl sites for hydroxylation is 1. The van der Waals surface area contributed by atoms with Gasteiger partial charge in [-0.1, -0.05) is 46.9 Å². The minimum Gasteiger partial charge on any atom is -0.463 e. The lowest BCUT2D eigenvalue weighted by molar-refractivity contribution is -0.137. The lowest BCUT2D eigenvalue weighted by Crippen LogP contribution is -1.99. The molecule has 0 aliphatic heterocycles. The first-order valence-corrected chi connectivity index (χ1v) is 6.79. The first-order chi connectivity index (χ1) is 7.77. The minimum atomic E-state index is -0.285. The maximum absolute atomic E-state index is 11.2. The highest BCUT2D eigenvalue weighted by Gasteiger charge is 1.99. The molecule has 0 spiro atoms. The van der Waals surface area contributed by atoms with E-state index in [1.54, 1.807) is 6.92 Å². The molecule has 0 aliphatic carbocycles. The summed E-state index contributed by atoms with van der Waals surface area (Å²) in [6, 6.07) is 8.09. The van der Waals surface area contributed by atoms with Crippen molar-refractivity contribution in [1.29, 1.82) is 0 Å². The van der Waals surface area contributed by atoms with E-state index in [9.17, 15) is 4.79 Å². The summed E-state index contributed by atoms with van der Waals surface area (Å²) in [4.78, 5) is 11.2. The molecular formula is C13H15IO2. The van der Waals surface area contributed by atoms with Crippen LogP contribution in [0.15, 0.2) is 30.3 Å². The Kier molecular flexibility index (Phi) is 6.15. The molecule has 0 saturated heterocycles. The van der Waals surface area contributed by atoms with Crippen LogP contribution in [-0.4, -0.2) is 17.0 Å². The molecule has 1 rings (SSSR count). The van der Waals surface area contributed by atoms with Gasteiger partial charge < -0.3 is 4.74 Å². The second-order valence-corrected chi connectivity index (χ2v) is 4.30. The molecule has 0 aliphatic rings. The highest BCUT2D eigenvalue weighted by Crippen LogP contribution is 2.12. The number of esters is 1. The number of benzene rings is 1. The Bertz CT molecular complexity index is 372. The summed E-state index contributed by atoms with van der Waals surface area (Å²) < 4.78 is 5.91. The average molecular weight is 330 g/mol. The summed E-state index contributed by atoms with van der Waals surface area (Å²) >= 11 is 2.35. The Morgan fingerprint density at radius 1 is 1.44 bits per heavy atom. The first-order valence-electron chi connectivity index (χ1n) is 5.26. The number of hydrogen-bond donors (Lipinski definition) is 0. The van der Waals surface area contributed by atoms with Crippen molar-refractivity contribution in [3.8, 4) is 0 Å². The van der Waals surface area contributed by atoms with E-state index in [0.717, 1.165) is 16.4 Å². The second kappa shape index (κ2) is 7.44. The van der Waals surface area contributed by atoms with Gasteiger partial charge in [-0.3, -0.25) is 0 Å². The fourth-order valence-electron chi connectivity index (χ4n) is 1.37. The fourth-order valence-corrected chi connectivity index (χ4v) is 1.96. The van der Waals surface area contributed by atoms with E-state index in [2.05, 4.69) is 28.7 Å². The molecule has 2 nitrogen and oxygen atoms in total. The summed E-state index contributed by atoms with van der Waals surface area (Å²) in [5, 5.41) is 0. The molecule has 0 atom stereocenters. The summed E-state index contributed by atoms with van der Waals surface area (Å²) in [5.41, 5.74) is 2.35. The molecule has 0 saturated carbocycles. The summed E-state index contributed by atoms with van der Waals surface area (Å²) in [7, 11) is 0. The Labute approximate surface area is 110 Å². The third-order valence-corrected chi connectivity index (χ3v) is 2.64. The molecular weight excluding hydrogens is 315 g/mol. The van der Waals surface area contributed by atoms with Crippen LogP contribution in [0.2, 0.25) is 0 Å². The van der Waals surface area contributed by atoms with Crippen LogP contribution in [0, 0.1) is 0 Å². The van der Waals surface area contributed by atoms with Crippen molar-refractivity contribution in [2.75, 3.05) is 11.0 Å². The standard InChI is InChI=1S/C13H15IO2/c1-2-16-13(15)8-7-11-5-3-4-6-12(11)9-10-14/h3-8H,2,9-10H2,1H3/b8-7+. The summed E-state index contributed by atoms with van der Waals surface area (Å²) in [6.45, 7) is 2.22. The molecule has 0 bridgehead atoms. The van der Waals surface area contributed by atoms with Gasteiger partial charge in [0.05, 0.1) is 6.61 Å². The van der Waals surface area contributed by atoms with E-state index < -0.39 is 0 Å². The average Bonchev–Trinajstić information content (AvgIpc) is 2.29. The van der Waals surface area contributed by atoms with Gasteiger partial charge in [0.1, 0.15) is 0 Å². The number of halogens is 1. The molecule has 0 amide bonds. The van der Waals surface area contributed by atoms with E-state index in [1.807, 2.05) is 24.3 Å². The van der Waals surface area contributed by atoms with E-state index in [0.29, 0.717) is 6.61 Å². The molecule has 0 aromatic heterocycles. The number of carbonyl (C=O) groups excluding carboxylic acids is 1. The van der Waals surface area contributed by atoms with Crippen LogP contribution in [0.3, 0.4) is 0 Å². The van der Waals surface area contributed by atoms with Crippen molar-refractivity contribution in [3.05, 3.63) is 41.5 Å². The summed E-state index contributed by atoms with van der Waals surface area (Å²) in [5.74, 6) is -0.285. The topological polar surface area (TPSA) is 26.3 Å². The van der Waals surface area contributed by atoms with Crippen LogP contribution in [0.1, 0.15) is 18.1 Å². The highest BCUT2D eigenvalue weighted by atomic mass is 127. The van der Waals surface area contributed by atoms with Crippen molar-refractivity contribution < 1.29 is 9.53 Å². The Morgan fingerprint density at radius 2 is 2.19 bits per heavy atom. The van der Waals surface area contributed by atoms with E-state index in [4.69, 9.17) is 4.74 Å². The van der Waals surface area contributed by atoms with E-state index in [-0.39, 0.29) is 5.97 Å². The van der Waals surface area contributed by atoms with Crippen LogP contribution >= 0.6 is 22.6 Å². The third kappa shape index (κ3) is 4.35. The maximum Gasteiger partial charge on any atom is 0.330 e. The van der Waals surface area contributed by atoms with E-state index >= 15 is 0 Å². The van der Waals surface area contributed by atoms with Crippen LogP contribution in [0.4, 0.5) is 0 Å². The van der Waals surface area contributed by atoms with E-state index in [1.165, 1.54) is 11.6 Å². The first kappa shape index (κ1) is 13.2. The van der Waals surface area contributed by atoms with Crippen LogP contribution < -0.4 is 0 Å². The van der Waals surface area contributed by atoms with Crippen molar-refractivity contribution >= 4 is 34.6 Å². The zero-order chi connectivity index (χ0) is 11.8. The van der Waals surface area contributed by atoms with Crippen LogP contribution in [-0.2, 0) is 16.0 Å². The summed E-state index contributed by atoms with van der Waals surface area (Å²) in [6.07, 6.45) is 4.32. The quantitative estimate of drug-likeness (QED) is 0.359. The smallest absolute Gasteiger partial charge is 0.330 e. The normalized spacial score (nSPS) is 10.6. The molecule has 1 aromatic rings. The predicted molar refractivity (Wildman–Crippen MR) is 74.7 cm³/mol. The Morgan fingerprint density at radius 3 is 2.88 bits per heavy atom. The second-order valence-electron chi connectivity index (χ2n) is 3.22. The minimum absolute atomic E-state index is 0.285. The highest BCUT2D eigenvalue weighted by molar-refractivity contribution is 14.1. The number of carbonyl (C=O) groups is 1. The zero-order valence-corrected chi connectivity index (χ0v) is 11.4. The van der Waals surface area contributed by atoms with Gasteiger partial charge in [-0.15, -0.1) is 0 Å². The third-order valence-electron chi connectivity index (χ3n) is 2.10. The molecule has 0 heterocycles. The number of hydrogen-bond acceptors (Lipinski definition) is 2. The molecule has 0 radical (unpaired) electrons. The van der Waals surface area contributed by atoms with Crippen molar-refractivity contribution in [3.63, 3.8) is 0 Å². The lowest BCUT2D eigenvalue weighted by atomic mass is 10.1. The van der Waals surface area contributed by atoms with Gasteiger partial charge in [0.2, 0.25) is 0 Å². The molecule has 0 unspecified atom stereocenters. The fraction of sp³-hybridized carbons (Fsp3) is 0.308. The van der Waals surface area contributed by atoms with Gasteiger partial charge in [-0.05, 0) is 30.5 Å². The Balaban J connectivity index is 2.75. The number of rotatable bonds is 5. The predicted octanol–water partition coefficient (Wildman–Crippen LogP) is 3.24. The molecule has 0 N–H and O–H groups in total. The van der Waals surface area contributed by atoms with Crippen LogP contribution in [0.25, 0.3) is 6.08 Å². The molecule has 1 aromatic carbocycles. The van der Waals surface area contributed by atoms with Crippen molar-refractivity contribution in [2.24, 2.45) is 0 Å². The molecule has 86 valence electrons. The Hall–Kier alpha value is -0.840. The number of alkyl halides is 1. The van der Waals surface area contributed by atoms with Gasteiger partial charge >= 0.3 is 5.97 Å². The van der Waals surface area contributed by atoms with Gasteiger partial charge in [-0.2, -0.15) is 0 Å². The molecule has 3 heteroatoms. The van der Waals surface area contributed by atoms with Crippen molar-refractivity contribution in [1.82, 2.24) is 0 Å². The monoisotopic (exact) mass is 330 g/mol. The van der Waals surface area contributed by atoms with Gasteiger partial charge in [0.15, 0.2) is 0 Å². The lowest BCUT2D eigenvalue weighted by Gasteiger charge is -2.03. The van der Waals surface area contributed by atoms with Crippen molar-refractivity contribution in [2.45, 2.75) is 13.3 Å². The van der Waals surface area contributed by atoms with Gasteiger partial charge in [0.25, 0.3) is 0 Å². The largest absolute Gasteiger partial charge is 0.463 e. The SMILES string of the molecule is CCOC(=O)/C=C/c1ccccc1CCI. The van der Waals surface area contributed by atoms with Gasteiger partial charge in [0, 0.05) is 10.5 Å². The zero-order valence-electron chi connectivity index (χ0n) is 9.28. The maximum atomic E-state index is 11.2. The van der Waals surface area contributed by atoms with Gasteiger partial charge in [-0.25, -0.2) is 4.79 Å². The number of ether oxygens (including phenoxy) is 1. The van der Waals surface area contributed by atoms with Crippen LogP contribution in [0.5, 0.6) is 0 Å². The molecule has 0 fully saturated rings.